The average molecular weight is 467 g/mol. The molecule has 2 aliphatic heterocycles. The number of sulfone groups is 1. The van der Waals surface area contributed by atoms with Crippen LogP contribution in [0.1, 0.15) is 50.2 Å². The number of anilines is 1. The number of hydrogen-bond donors (Lipinski definition) is 1. The molecule has 0 unspecified atom stereocenters. The monoisotopic (exact) mass is 466 g/mol. The van der Waals surface area contributed by atoms with Crippen molar-refractivity contribution in [2.75, 3.05) is 10.8 Å². The van der Waals surface area contributed by atoms with Gasteiger partial charge in [-0.05, 0) is 68.4 Å². The molecule has 1 atom stereocenters. The van der Waals surface area contributed by atoms with Crippen LogP contribution in [0.4, 0.5) is 10.1 Å². The maximum absolute atomic E-state index is 15.1. The first-order valence-corrected chi connectivity index (χ1v) is 12.9. The van der Waals surface area contributed by atoms with Gasteiger partial charge in [-0.3, -0.25) is 4.99 Å². The molecule has 1 spiro atoms. The summed E-state index contributed by atoms with van der Waals surface area (Å²) in [6.45, 7) is 1.64. The molecule has 0 aromatic heterocycles. The van der Waals surface area contributed by atoms with Gasteiger partial charge in [0.25, 0.3) is 0 Å². The summed E-state index contributed by atoms with van der Waals surface area (Å²) in [7, 11) is -3.57. The molecule has 8 heteroatoms. The Kier molecular flexibility index (Phi) is 5.16. The van der Waals surface area contributed by atoms with E-state index in [1.54, 1.807) is 24.1 Å². The molecule has 3 aliphatic rings. The molecule has 0 bridgehead atoms. The number of nitrogens with two attached hydrogens (primary N) is 1. The van der Waals surface area contributed by atoms with Crippen LogP contribution in [0, 0.1) is 5.82 Å². The van der Waals surface area contributed by atoms with E-state index < -0.39 is 25.9 Å². The van der Waals surface area contributed by atoms with E-state index in [2.05, 4.69) is 10.1 Å². The molecular weight excluding hydrogens is 439 g/mol. The second kappa shape index (κ2) is 7.80. The minimum Gasteiger partial charge on any atom is -0.386 e. The highest BCUT2D eigenvalue weighted by molar-refractivity contribution is 7.93. The molecule has 2 heterocycles. The van der Waals surface area contributed by atoms with Gasteiger partial charge in [0.15, 0.2) is 9.84 Å². The molecule has 172 valence electrons. The summed E-state index contributed by atoms with van der Waals surface area (Å²) < 4.78 is 40.4. The molecule has 2 aromatic rings. The van der Waals surface area contributed by atoms with Gasteiger partial charge >= 0.3 is 0 Å². The summed E-state index contributed by atoms with van der Waals surface area (Å²) in [5.41, 5.74) is 7.95. The topological polar surface area (TPSA) is 88.1 Å². The lowest BCUT2D eigenvalue weighted by atomic mass is 9.82. The van der Waals surface area contributed by atoms with E-state index in [-0.39, 0.29) is 17.2 Å². The zero-order chi connectivity index (χ0) is 23.3. The number of aliphatic imine (C=N–C) groups is 1. The second-order valence-electron chi connectivity index (χ2n) is 9.24. The van der Waals surface area contributed by atoms with E-state index >= 15 is 4.39 Å². The van der Waals surface area contributed by atoms with Crippen molar-refractivity contribution >= 4 is 33.1 Å². The van der Waals surface area contributed by atoms with Crippen LogP contribution >= 0.6 is 0 Å². The minimum atomic E-state index is -3.57. The van der Waals surface area contributed by atoms with Crippen molar-refractivity contribution in [3.8, 4) is 0 Å². The molecule has 0 amide bonds. The van der Waals surface area contributed by atoms with Crippen molar-refractivity contribution in [3.05, 3.63) is 71.7 Å². The Bertz CT molecular complexity index is 1280. The van der Waals surface area contributed by atoms with Crippen LogP contribution in [0.3, 0.4) is 0 Å². The van der Waals surface area contributed by atoms with E-state index in [9.17, 15) is 8.42 Å². The maximum atomic E-state index is 15.1. The Morgan fingerprint density at radius 1 is 1.12 bits per heavy atom. The lowest BCUT2D eigenvalue weighted by Crippen LogP contribution is -2.61. The Hall–Kier alpha value is -3.00. The Morgan fingerprint density at radius 3 is 2.55 bits per heavy atom. The number of hydrazone groups is 1. The van der Waals surface area contributed by atoms with Crippen molar-refractivity contribution in [2.45, 2.75) is 49.3 Å². The van der Waals surface area contributed by atoms with Gasteiger partial charge in [0.05, 0.1) is 11.4 Å². The van der Waals surface area contributed by atoms with Gasteiger partial charge in [-0.2, -0.15) is 5.10 Å². The van der Waals surface area contributed by atoms with Crippen LogP contribution in [-0.4, -0.2) is 31.0 Å². The Morgan fingerprint density at radius 2 is 1.88 bits per heavy atom. The number of benzene rings is 2. The van der Waals surface area contributed by atoms with Gasteiger partial charge in [0.2, 0.25) is 0 Å². The molecular formula is C25H27FN4O2S. The van der Waals surface area contributed by atoms with E-state index in [4.69, 9.17) is 5.73 Å². The molecule has 0 radical (unpaired) electrons. The number of nitrogens with zero attached hydrogens (tertiary/aromatic N) is 3. The molecule has 33 heavy (non-hydrogen) atoms. The molecule has 5 rings (SSSR count). The summed E-state index contributed by atoms with van der Waals surface area (Å²) in [6.07, 6.45) is 7.16. The fraction of sp³-hybridized carbons (Fsp3) is 0.360. The third-order valence-electron chi connectivity index (χ3n) is 7.03. The van der Waals surface area contributed by atoms with Crippen molar-refractivity contribution in [2.24, 2.45) is 15.8 Å². The first kappa shape index (κ1) is 21.8. The standard InChI is InChI=1S/C25H27FN4O2S/c1-24(17-33(31,32)25(12-6-13-25)23(27)29-24)21-15-20(10-11-22(21)26)30-16-19(9-5-14-28-30)18-7-3-2-4-8-18/h2-4,7-8,10-11,14-16H,5-6,9,12-13,17H2,1H3,(H2,27,29)/t24-/m0/s1. The van der Waals surface area contributed by atoms with Crippen molar-refractivity contribution < 1.29 is 12.8 Å². The lowest BCUT2D eigenvalue weighted by molar-refractivity contribution is 0.388. The normalized spacial score (nSPS) is 25.7. The van der Waals surface area contributed by atoms with Crippen LogP contribution in [0.2, 0.25) is 0 Å². The highest BCUT2D eigenvalue weighted by atomic mass is 32.2. The zero-order valence-corrected chi connectivity index (χ0v) is 19.4. The summed E-state index contributed by atoms with van der Waals surface area (Å²) in [6, 6.07) is 14.7. The van der Waals surface area contributed by atoms with Gasteiger partial charge in [-0.1, -0.05) is 30.3 Å². The molecule has 1 saturated carbocycles. The van der Waals surface area contributed by atoms with Gasteiger partial charge in [-0.25, -0.2) is 17.8 Å². The first-order chi connectivity index (χ1) is 15.7. The molecule has 1 aliphatic carbocycles. The van der Waals surface area contributed by atoms with E-state index in [0.717, 1.165) is 30.4 Å². The lowest BCUT2D eigenvalue weighted by Gasteiger charge is -2.46. The van der Waals surface area contributed by atoms with Gasteiger partial charge in [-0.15, -0.1) is 0 Å². The van der Waals surface area contributed by atoms with Crippen molar-refractivity contribution in [3.63, 3.8) is 0 Å². The van der Waals surface area contributed by atoms with Crippen LogP contribution < -0.4 is 10.7 Å². The predicted octanol–water partition coefficient (Wildman–Crippen LogP) is 4.38. The van der Waals surface area contributed by atoms with Crippen molar-refractivity contribution in [1.29, 1.82) is 0 Å². The predicted molar refractivity (Wildman–Crippen MR) is 130 cm³/mol. The number of amidine groups is 1. The quantitative estimate of drug-likeness (QED) is 0.727. The highest BCUT2D eigenvalue weighted by Gasteiger charge is 2.58. The van der Waals surface area contributed by atoms with Gasteiger partial charge in [0, 0.05) is 18.0 Å². The number of halogens is 1. The van der Waals surface area contributed by atoms with Crippen LogP contribution in [0.25, 0.3) is 5.57 Å². The van der Waals surface area contributed by atoms with Gasteiger partial charge in [0.1, 0.15) is 21.9 Å². The summed E-state index contributed by atoms with van der Waals surface area (Å²) in [5, 5.41) is 6.24. The number of hydrogen-bond acceptors (Lipinski definition) is 6. The van der Waals surface area contributed by atoms with Crippen LogP contribution in [0.15, 0.2) is 64.8 Å². The van der Waals surface area contributed by atoms with E-state index in [0.29, 0.717) is 18.5 Å². The average Bonchev–Trinajstić information content (AvgIpc) is 2.99. The van der Waals surface area contributed by atoms with Gasteiger partial charge < -0.3 is 5.73 Å². The van der Waals surface area contributed by atoms with E-state index in [1.807, 2.05) is 42.7 Å². The first-order valence-electron chi connectivity index (χ1n) is 11.2. The zero-order valence-electron chi connectivity index (χ0n) is 18.5. The minimum absolute atomic E-state index is 0.103. The summed E-state index contributed by atoms with van der Waals surface area (Å²) in [5.74, 6) is -0.676. The fourth-order valence-electron chi connectivity index (χ4n) is 4.96. The van der Waals surface area contributed by atoms with Crippen LogP contribution in [-0.2, 0) is 15.4 Å². The molecule has 2 N–H and O–H groups in total. The molecule has 1 fully saturated rings. The maximum Gasteiger partial charge on any atom is 0.165 e. The summed E-state index contributed by atoms with van der Waals surface area (Å²) in [4.78, 5) is 4.59. The largest absolute Gasteiger partial charge is 0.386 e. The third kappa shape index (κ3) is 3.57. The third-order valence-corrected chi connectivity index (χ3v) is 9.78. The van der Waals surface area contributed by atoms with Crippen LogP contribution in [0.5, 0.6) is 0 Å². The number of allylic oxidation sites excluding steroid dienone is 1. The molecule has 0 saturated heterocycles. The molecule has 6 nitrogen and oxygen atoms in total. The van der Waals surface area contributed by atoms with Crippen molar-refractivity contribution in [1.82, 2.24) is 0 Å². The smallest absolute Gasteiger partial charge is 0.165 e. The highest BCUT2D eigenvalue weighted by Crippen LogP contribution is 2.47. The van der Waals surface area contributed by atoms with E-state index in [1.165, 1.54) is 6.07 Å². The Labute approximate surface area is 193 Å². The number of rotatable bonds is 3. The molecule has 2 aromatic carbocycles. The second-order valence-corrected chi connectivity index (χ2v) is 11.5. The summed E-state index contributed by atoms with van der Waals surface area (Å²) >= 11 is 0. The SMILES string of the molecule is C[C@@]1(c2cc(N3C=C(c4ccccc4)CCC=N3)ccc2F)CS(=O)(=O)C2(CCC2)C(N)=N1. The fourth-order valence-corrected chi connectivity index (χ4v) is 7.47. The Balaban J connectivity index is 1.56.